The molecule has 2 saturated heterocycles. The highest BCUT2D eigenvalue weighted by Crippen LogP contribution is 2.18. The summed E-state index contributed by atoms with van der Waals surface area (Å²) in [4.78, 5) is 27.7. The lowest BCUT2D eigenvalue weighted by molar-refractivity contribution is -0.137. The standard InChI is InChI=1S/C14H25N3O3/c1-2-20-14(19)17-10-8-16(9-11-17)13(18)12-4-3-6-15-7-5-12/h12,15H,2-11H2,1H3/t12-/m0/s1. The van der Waals surface area contributed by atoms with E-state index in [1.807, 2.05) is 4.90 Å². The quantitative estimate of drug-likeness (QED) is 0.809. The van der Waals surface area contributed by atoms with E-state index in [0.717, 1.165) is 32.4 Å². The highest BCUT2D eigenvalue weighted by atomic mass is 16.6. The van der Waals surface area contributed by atoms with Crippen molar-refractivity contribution in [3.05, 3.63) is 0 Å². The number of hydrogen-bond donors (Lipinski definition) is 1. The van der Waals surface area contributed by atoms with Gasteiger partial charge in [-0.25, -0.2) is 4.79 Å². The van der Waals surface area contributed by atoms with Crippen molar-refractivity contribution in [3.8, 4) is 0 Å². The zero-order valence-corrected chi connectivity index (χ0v) is 12.3. The van der Waals surface area contributed by atoms with E-state index < -0.39 is 0 Å². The van der Waals surface area contributed by atoms with E-state index in [1.165, 1.54) is 0 Å². The molecule has 0 radical (unpaired) electrons. The summed E-state index contributed by atoms with van der Waals surface area (Å²) in [5, 5.41) is 3.33. The fourth-order valence-corrected chi connectivity index (χ4v) is 2.85. The maximum atomic E-state index is 12.5. The molecule has 0 aliphatic carbocycles. The van der Waals surface area contributed by atoms with Crippen LogP contribution >= 0.6 is 0 Å². The van der Waals surface area contributed by atoms with Crippen LogP contribution in [0.2, 0.25) is 0 Å². The van der Waals surface area contributed by atoms with Crippen LogP contribution in [0.4, 0.5) is 4.79 Å². The molecule has 2 rings (SSSR count). The molecule has 2 amide bonds. The molecule has 0 unspecified atom stereocenters. The first-order valence-electron chi connectivity index (χ1n) is 7.63. The molecule has 2 heterocycles. The van der Waals surface area contributed by atoms with Gasteiger partial charge in [-0.05, 0) is 39.3 Å². The molecule has 2 aliphatic rings. The minimum atomic E-state index is -0.265. The van der Waals surface area contributed by atoms with Gasteiger partial charge in [0.1, 0.15) is 0 Å². The molecule has 20 heavy (non-hydrogen) atoms. The predicted octanol–water partition coefficient (Wildman–Crippen LogP) is 0.677. The molecule has 0 saturated carbocycles. The smallest absolute Gasteiger partial charge is 0.409 e. The first-order chi connectivity index (χ1) is 9.72. The number of carbonyl (C=O) groups is 2. The van der Waals surface area contributed by atoms with Crippen molar-refractivity contribution in [2.45, 2.75) is 26.2 Å². The Bertz CT molecular complexity index is 333. The summed E-state index contributed by atoms with van der Waals surface area (Å²) in [5.41, 5.74) is 0. The summed E-state index contributed by atoms with van der Waals surface area (Å²) >= 11 is 0. The van der Waals surface area contributed by atoms with Gasteiger partial charge in [0.15, 0.2) is 0 Å². The van der Waals surface area contributed by atoms with E-state index in [-0.39, 0.29) is 17.9 Å². The molecule has 6 nitrogen and oxygen atoms in total. The molecule has 2 fully saturated rings. The maximum absolute atomic E-state index is 12.5. The summed E-state index contributed by atoms with van der Waals surface area (Å²) in [6.45, 7) is 6.55. The van der Waals surface area contributed by atoms with Gasteiger partial charge in [0, 0.05) is 32.1 Å². The Labute approximate surface area is 120 Å². The third-order valence-electron chi connectivity index (χ3n) is 4.04. The molecular weight excluding hydrogens is 258 g/mol. The third-order valence-corrected chi connectivity index (χ3v) is 4.04. The number of amides is 2. The topological polar surface area (TPSA) is 61.9 Å². The molecule has 114 valence electrons. The summed E-state index contributed by atoms with van der Waals surface area (Å²) in [7, 11) is 0. The summed E-state index contributed by atoms with van der Waals surface area (Å²) in [5.74, 6) is 0.413. The predicted molar refractivity (Wildman–Crippen MR) is 75.4 cm³/mol. The SMILES string of the molecule is CCOC(=O)N1CCN(C(=O)[C@H]2CCCNCC2)CC1. The minimum Gasteiger partial charge on any atom is -0.450 e. The Hall–Kier alpha value is -1.30. The lowest BCUT2D eigenvalue weighted by Crippen LogP contribution is -2.52. The third kappa shape index (κ3) is 3.85. The van der Waals surface area contributed by atoms with E-state index in [4.69, 9.17) is 4.74 Å². The lowest BCUT2D eigenvalue weighted by atomic mass is 9.98. The number of nitrogens with one attached hydrogen (secondary N) is 1. The average Bonchev–Trinajstić information content (AvgIpc) is 2.76. The molecule has 0 bridgehead atoms. The zero-order chi connectivity index (χ0) is 14.4. The average molecular weight is 283 g/mol. The second-order valence-electron chi connectivity index (χ2n) is 5.39. The van der Waals surface area contributed by atoms with Crippen LogP contribution in [-0.4, -0.2) is 67.7 Å². The van der Waals surface area contributed by atoms with Gasteiger partial charge >= 0.3 is 6.09 Å². The van der Waals surface area contributed by atoms with Crippen molar-refractivity contribution in [3.63, 3.8) is 0 Å². The van der Waals surface area contributed by atoms with Crippen LogP contribution in [0.15, 0.2) is 0 Å². The monoisotopic (exact) mass is 283 g/mol. The van der Waals surface area contributed by atoms with Gasteiger partial charge < -0.3 is 19.9 Å². The van der Waals surface area contributed by atoms with Crippen molar-refractivity contribution in [2.24, 2.45) is 5.92 Å². The van der Waals surface area contributed by atoms with Gasteiger partial charge in [-0.15, -0.1) is 0 Å². The molecule has 0 spiro atoms. The number of nitrogens with zero attached hydrogens (tertiary/aromatic N) is 2. The Morgan fingerprint density at radius 3 is 2.50 bits per heavy atom. The number of hydrogen-bond acceptors (Lipinski definition) is 4. The first-order valence-corrected chi connectivity index (χ1v) is 7.63. The zero-order valence-electron chi connectivity index (χ0n) is 12.3. The van der Waals surface area contributed by atoms with Gasteiger partial charge in [0.05, 0.1) is 6.61 Å². The first kappa shape index (κ1) is 15.1. The second kappa shape index (κ2) is 7.47. The van der Waals surface area contributed by atoms with Gasteiger partial charge in [-0.1, -0.05) is 0 Å². The number of carbonyl (C=O) groups excluding carboxylic acids is 2. The second-order valence-corrected chi connectivity index (χ2v) is 5.39. The lowest BCUT2D eigenvalue weighted by Gasteiger charge is -2.35. The van der Waals surface area contributed by atoms with Crippen molar-refractivity contribution in [2.75, 3.05) is 45.9 Å². The Morgan fingerprint density at radius 2 is 1.80 bits per heavy atom. The number of ether oxygens (including phenoxy) is 1. The molecule has 1 N–H and O–H groups in total. The molecule has 0 aromatic carbocycles. The van der Waals surface area contributed by atoms with E-state index in [1.54, 1.807) is 11.8 Å². The normalized spacial score (nSPS) is 24.1. The highest BCUT2D eigenvalue weighted by molar-refractivity contribution is 5.79. The van der Waals surface area contributed by atoms with Crippen LogP contribution in [0.5, 0.6) is 0 Å². The van der Waals surface area contributed by atoms with E-state index >= 15 is 0 Å². The van der Waals surface area contributed by atoms with Crippen LogP contribution in [0.1, 0.15) is 26.2 Å². The van der Waals surface area contributed by atoms with Crippen molar-refractivity contribution in [1.82, 2.24) is 15.1 Å². The number of piperazine rings is 1. The van der Waals surface area contributed by atoms with Gasteiger partial charge in [-0.3, -0.25) is 4.79 Å². The Morgan fingerprint density at radius 1 is 1.10 bits per heavy atom. The molecule has 0 aromatic rings. The van der Waals surface area contributed by atoms with Gasteiger partial charge in [-0.2, -0.15) is 0 Å². The van der Waals surface area contributed by atoms with Gasteiger partial charge in [0.2, 0.25) is 5.91 Å². The van der Waals surface area contributed by atoms with Crippen molar-refractivity contribution in [1.29, 1.82) is 0 Å². The highest BCUT2D eigenvalue weighted by Gasteiger charge is 2.29. The molecule has 6 heteroatoms. The molecule has 0 aromatic heterocycles. The summed E-state index contributed by atoms with van der Waals surface area (Å²) < 4.78 is 4.99. The van der Waals surface area contributed by atoms with Crippen LogP contribution in [-0.2, 0) is 9.53 Å². The maximum Gasteiger partial charge on any atom is 0.409 e. The minimum absolute atomic E-state index is 0.152. The van der Waals surface area contributed by atoms with Gasteiger partial charge in [0.25, 0.3) is 0 Å². The van der Waals surface area contributed by atoms with E-state index in [9.17, 15) is 9.59 Å². The van der Waals surface area contributed by atoms with Crippen LogP contribution < -0.4 is 5.32 Å². The Kier molecular flexibility index (Phi) is 5.64. The van der Waals surface area contributed by atoms with E-state index in [0.29, 0.717) is 32.8 Å². The summed E-state index contributed by atoms with van der Waals surface area (Å²) in [6.07, 6.45) is 2.71. The fraction of sp³-hybridized carbons (Fsp3) is 0.857. The Balaban J connectivity index is 1.80. The van der Waals surface area contributed by atoms with Crippen molar-refractivity contribution < 1.29 is 14.3 Å². The summed E-state index contributed by atoms with van der Waals surface area (Å²) in [6, 6.07) is 0. The molecular formula is C14H25N3O3. The van der Waals surface area contributed by atoms with Crippen LogP contribution in [0.3, 0.4) is 0 Å². The fourth-order valence-electron chi connectivity index (χ4n) is 2.85. The van der Waals surface area contributed by atoms with E-state index in [2.05, 4.69) is 5.32 Å². The van der Waals surface area contributed by atoms with Crippen molar-refractivity contribution >= 4 is 12.0 Å². The van der Waals surface area contributed by atoms with Crippen LogP contribution in [0, 0.1) is 5.92 Å². The van der Waals surface area contributed by atoms with Crippen LogP contribution in [0.25, 0.3) is 0 Å². The molecule has 1 atom stereocenters. The largest absolute Gasteiger partial charge is 0.450 e. The number of rotatable bonds is 2. The molecule has 2 aliphatic heterocycles.